The first-order valence-electron chi connectivity index (χ1n) is 13.0. The van der Waals surface area contributed by atoms with E-state index in [1.54, 1.807) is 0 Å². The van der Waals surface area contributed by atoms with E-state index in [0.29, 0.717) is 19.2 Å². The Morgan fingerprint density at radius 2 is 1.76 bits per heavy atom. The van der Waals surface area contributed by atoms with Gasteiger partial charge in [0.1, 0.15) is 5.75 Å². The number of hydrogen-bond donors (Lipinski definition) is 1. The van der Waals surface area contributed by atoms with E-state index in [0.717, 1.165) is 66.4 Å². The Balaban J connectivity index is 0.00000380. The fourth-order valence-electron chi connectivity index (χ4n) is 4.75. The van der Waals surface area contributed by atoms with Crippen molar-refractivity contribution in [1.29, 1.82) is 0 Å². The number of aromatic nitrogens is 2. The molecule has 1 aromatic heterocycles. The number of benzene rings is 2. The molecule has 4 rings (SSSR count). The molecule has 8 heteroatoms. The second-order valence-corrected chi connectivity index (χ2v) is 9.37. The molecule has 1 aliphatic heterocycles. The highest BCUT2D eigenvalue weighted by molar-refractivity contribution is 5.85. The van der Waals surface area contributed by atoms with Crippen molar-refractivity contribution in [3.05, 3.63) is 70.9 Å². The van der Waals surface area contributed by atoms with Crippen LogP contribution in [0.25, 0.3) is 0 Å². The molecule has 1 fully saturated rings. The molecule has 2 heterocycles. The summed E-state index contributed by atoms with van der Waals surface area (Å²) in [5.74, 6) is 2.30. The maximum Gasteiger partial charge on any atom is 0.229 e. The lowest BCUT2D eigenvalue weighted by Gasteiger charge is -2.25. The minimum absolute atomic E-state index is 0. The lowest BCUT2D eigenvalue weighted by molar-refractivity contribution is 0.156. The Bertz CT molecular complexity index is 1120. The monoisotopic (exact) mass is 525 g/mol. The average Bonchev–Trinajstić information content (AvgIpc) is 3.37. The molecule has 1 saturated heterocycles. The van der Waals surface area contributed by atoms with Crippen LogP contribution < -0.4 is 15.1 Å². The highest BCUT2D eigenvalue weighted by Crippen LogP contribution is 2.36. The third kappa shape index (κ3) is 7.12. The lowest BCUT2D eigenvalue weighted by atomic mass is 10.0. The minimum Gasteiger partial charge on any atom is -0.493 e. The average molecular weight is 526 g/mol. The van der Waals surface area contributed by atoms with E-state index in [-0.39, 0.29) is 18.4 Å². The minimum atomic E-state index is 0. The fraction of sp³-hybridized carbons (Fsp3) is 0.448. The van der Waals surface area contributed by atoms with Crippen molar-refractivity contribution in [2.75, 3.05) is 43.2 Å². The van der Waals surface area contributed by atoms with Crippen molar-refractivity contribution in [3.8, 4) is 5.75 Å². The predicted octanol–water partition coefficient (Wildman–Crippen LogP) is 6.56. The maximum absolute atomic E-state index is 6.16. The zero-order valence-electron chi connectivity index (χ0n) is 22.7. The summed E-state index contributed by atoms with van der Waals surface area (Å²) < 4.78 is 6.16. The molecule has 0 aliphatic carbocycles. The Labute approximate surface area is 227 Å². The van der Waals surface area contributed by atoms with Crippen molar-refractivity contribution in [2.45, 2.75) is 53.5 Å². The van der Waals surface area contributed by atoms with E-state index in [2.05, 4.69) is 79.3 Å². The van der Waals surface area contributed by atoms with Crippen LogP contribution in [0.5, 0.6) is 5.75 Å². The summed E-state index contributed by atoms with van der Waals surface area (Å²) in [7, 11) is 0. The van der Waals surface area contributed by atoms with Crippen LogP contribution in [0.3, 0.4) is 0 Å². The summed E-state index contributed by atoms with van der Waals surface area (Å²) in [5, 5.41) is 5.32. The van der Waals surface area contributed by atoms with Crippen LogP contribution in [0.2, 0.25) is 0 Å². The van der Waals surface area contributed by atoms with E-state index >= 15 is 0 Å². The standard InChI is InChI=1S/C29H39N5O2.ClH/c1-6-33(7-2)15-11-16-35-27-21(3)18-25(19-22(27)4)31-29-30-20-23(5)28(32-29)34-26(14-17-36-34)24-12-9-8-10-13-24;/h8-10,12-13,18-20,26H,6-7,11,14-17H2,1-5H3,(H,30,31,32);1H. The third-order valence-electron chi connectivity index (χ3n) is 6.72. The molecule has 2 aromatic carbocycles. The first kappa shape index (κ1) is 28.7. The van der Waals surface area contributed by atoms with Gasteiger partial charge in [-0.05, 0) is 69.1 Å². The molecule has 1 aliphatic rings. The van der Waals surface area contributed by atoms with Gasteiger partial charge < -0.3 is 15.0 Å². The number of nitrogens with zero attached hydrogens (tertiary/aromatic N) is 4. The Kier molecular flexibility index (Phi) is 10.6. The SMILES string of the molecule is CCN(CC)CCCOc1c(C)cc(Nc2ncc(C)c(N3OCCC3c3ccccc3)n2)cc1C.Cl. The van der Waals surface area contributed by atoms with E-state index in [1.807, 2.05) is 24.3 Å². The van der Waals surface area contributed by atoms with Gasteiger partial charge in [0, 0.05) is 30.4 Å². The number of halogens is 1. The van der Waals surface area contributed by atoms with Gasteiger partial charge in [-0.3, -0.25) is 4.84 Å². The van der Waals surface area contributed by atoms with Gasteiger partial charge >= 0.3 is 0 Å². The van der Waals surface area contributed by atoms with Crippen LogP contribution >= 0.6 is 12.4 Å². The summed E-state index contributed by atoms with van der Waals surface area (Å²) in [5.41, 5.74) is 5.34. The molecule has 0 bridgehead atoms. The predicted molar refractivity (Wildman–Crippen MR) is 153 cm³/mol. The normalized spacial score (nSPS) is 15.1. The van der Waals surface area contributed by atoms with Gasteiger partial charge in [-0.15, -0.1) is 12.4 Å². The van der Waals surface area contributed by atoms with Crippen LogP contribution in [0.4, 0.5) is 17.5 Å². The van der Waals surface area contributed by atoms with Gasteiger partial charge in [0.25, 0.3) is 0 Å². The molecule has 0 spiro atoms. The quantitative estimate of drug-likeness (QED) is 0.284. The fourth-order valence-corrected chi connectivity index (χ4v) is 4.75. The van der Waals surface area contributed by atoms with Gasteiger partial charge in [-0.1, -0.05) is 44.2 Å². The zero-order valence-corrected chi connectivity index (χ0v) is 23.5. The molecule has 0 amide bonds. The summed E-state index contributed by atoms with van der Waals surface area (Å²) in [6, 6.07) is 14.8. The van der Waals surface area contributed by atoms with Gasteiger partial charge in [0.2, 0.25) is 5.95 Å². The van der Waals surface area contributed by atoms with Crippen molar-refractivity contribution in [1.82, 2.24) is 14.9 Å². The topological polar surface area (TPSA) is 62.8 Å². The summed E-state index contributed by atoms with van der Waals surface area (Å²) in [6.45, 7) is 15.2. The Morgan fingerprint density at radius 3 is 2.43 bits per heavy atom. The largest absolute Gasteiger partial charge is 0.493 e. The molecule has 200 valence electrons. The second kappa shape index (κ2) is 13.6. The molecule has 3 aromatic rings. The smallest absolute Gasteiger partial charge is 0.229 e. The van der Waals surface area contributed by atoms with Crippen LogP contribution in [0.15, 0.2) is 48.7 Å². The van der Waals surface area contributed by atoms with Crippen LogP contribution in [-0.2, 0) is 4.84 Å². The van der Waals surface area contributed by atoms with Crippen molar-refractivity contribution in [3.63, 3.8) is 0 Å². The molecular weight excluding hydrogens is 486 g/mol. The van der Waals surface area contributed by atoms with E-state index in [1.165, 1.54) is 5.56 Å². The Morgan fingerprint density at radius 1 is 1.05 bits per heavy atom. The summed E-state index contributed by atoms with van der Waals surface area (Å²) in [4.78, 5) is 17.8. The van der Waals surface area contributed by atoms with Crippen molar-refractivity contribution in [2.24, 2.45) is 0 Å². The summed E-state index contributed by atoms with van der Waals surface area (Å²) in [6.07, 6.45) is 3.79. The number of rotatable bonds is 11. The maximum atomic E-state index is 6.16. The molecule has 1 atom stereocenters. The zero-order chi connectivity index (χ0) is 25.5. The highest BCUT2D eigenvalue weighted by atomic mass is 35.5. The number of hydrogen-bond acceptors (Lipinski definition) is 7. The van der Waals surface area contributed by atoms with Crippen LogP contribution in [-0.4, -0.2) is 47.7 Å². The van der Waals surface area contributed by atoms with Crippen molar-refractivity contribution >= 4 is 29.9 Å². The molecule has 0 radical (unpaired) electrons. The van der Waals surface area contributed by atoms with E-state index in [9.17, 15) is 0 Å². The lowest BCUT2D eigenvalue weighted by Crippen LogP contribution is -2.25. The molecule has 7 nitrogen and oxygen atoms in total. The number of nitrogens with one attached hydrogen (secondary N) is 1. The molecule has 1 unspecified atom stereocenters. The van der Waals surface area contributed by atoms with E-state index < -0.39 is 0 Å². The van der Waals surface area contributed by atoms with Gasteiger partial charge in [0.05, 0.1) is 19.3 Å². The third-order valence-corrected chi connectivity index (χ3v) is 6.72. The van der Waals surface area contributed by atoms with Crippen LogP contribution in [0.1, 0.15) is 55.0 Å². The number of hydroxylamine groups is 1. The molecular formula is C29H40ClN5O2. The Hall–Kier alpha value is -2.87. The summed E-state index contributed by atoms with van der Waals surface area (Å²) >= 11 is 0. The second-order valence-electron chi connectivity index (χ2n) is 9.37. The van der Waals surface area contributed by atoms with Gasteiger partial charge in [-0.2, -0.15) is 4.98 Å². The van der Waals surface area contributed by atoms with E-state index in [4.69, 9.17) is 14.6 Å². The van der Waals surface area contributed by atoms with Crippen LogP contribution in [0, 0.1) is 20.8 Å². The molecule has 37 heavy (non-hydrogen) atoms. The van der Waals surface area contributed by atoms with Gasteiger partial charge in [0.15, 0.2) is 5.82 Å². The number of anilines is 3. The first-order valence-corrected chi connectivity index (χ1v) is 13.0. The van der Waals surface area contributed by atoms with Gasteiger partial charge in [-0.25, -0.2) is 10.0 Å². The number of aryl methyl sites for hydroxylation is 3. The molecule has 0 saturated carbocycles. The highest BCUT2D eigenvalue weighted by Gasteiger charge is 2.30. The number of ether oxygens (including phenoxy) is 1. The van der Waals surface area contributed by atoms with Crippen molar-refractivity contribution < 1.29 is 9.57 Å². The molecule has 1 N–H and O–H groups in total. The first-order chi connectivity index (χ1) is 17.5.